The van der Waals surface area contributed by atoms with Gasteiger partial charge in [-0.3, -0.25) is 4.79 Å². The van der Waals surface area contributed by atoms with E-state index in [1.807, 2.05) is 0 Å². The number of nitrogens with one attached hydrogen (secondary N) is 1. The quantitative estimate of drug-likeness (QED) is 0.565. The van der Waals surface area contributed by atoms with Crippen molar-refractivity contribution in [3.05, 3.63) is 23.8 Å². The second-order valence-corrected chi connectivity index (χ2v) is 3.06. The highest BCUT2D eigenvalue weighted by Gasteiger charge is 2.02. The molecule has 0 unspecified atom stereocenters. The fraction of sp³-hybridized carbons (Fsp3) is 0.273. The van der Waals surface area contributed by atoms with Crippen molar-refractivity contribution >= 4 is 12.1 Å². The number of aliphatic hydroxyl groups is 1. The van der Waals surface area contributed by atoms with Gasteiger partial charge in [0.15, 0.2) is 0 Å². The molecule has 92 valence electrons. The van der Waals surface area contributed by atoms with Crippen LogP contribution in [-0.4, -0.2) is 38.1 Å². The number of carbonyl (C=O) groups is 1. The molecule has 0 aliphatic carbocycles. The molecule has 1 aromatic carbocycles. The van der Waals surface area contributed by atoms with Gasteiger partial charge in [0, 0.05) is 5.56 Å². The molecule has 6 nitrogen and oxygen atoms in total. The highest BCUT2D eigenvalue weighted by molar-refractivity contribution is 5.86. The lowest BCUT2D eigenvalue weighted by Gasteiger charge is -2.06. The highest BCUT2D eigenvalue weighted by Crippen LogP contribution is 2.22. The van der Waals surface area contributed by atoms with Crippen molar-refractivity contribution in [2.75, 3.05) is 20.8 Å². The summed E-state index contributed by atoms with van der Waals surface area (Å²) in [6.45, 7) is -0.605. The molecule has 1 aromatic rings. The maximum atomic E-state index is 10.7. The summed E-state index contributed by atoms with van der Waals surface area (Å²) < 4.78 is 10.2. The van der Waals surface area contributed by atoms with Gasteiger partial charge in [0.05, 0.1) is 20.4 Å². The maximum absolute atomic E-state index is 10.7. The van der Waals surface area contributed by atoms with Gasteiger partial charge in [0.2, 0.25) is 0 Å². The number of ether oxygens (including phenoxy) is 2. The number of methoxy groups -OCH3 is 2. The van der Waals surface area contributed by atoms with E-state index >= 15 is 0 Å². The van der Waals surface area contributed by atoms with Crippen molar-refractivity contribution in [1.29, 1.82) is 0 Å². The molecule has 0 saturated heterocycles. The monoisotopic (exact) mass is 238 g/mol. The van der Waals surface area contributed by atoms with E-state index in [-0.39, 0.29) is 0 Å². The Kier molecular flexibility index (Phi) is 4.96. The second-order valence-electron chi connectivity index (χ2n) is 3.06. The Labute approximate surface area is 98.9 Å². The zero-order chi connectivity index (χ0) is 12.7. The number of carbonyl (C=O) groups excluding carboxylic acids is 1. The number of amides is 1. The lowest BCUT2D eigenvalue weighted by molar-refractivity contribution is -0.123. The van der Waals surface area contributed by atoms with E-state index in [2.05, 4.69) is 10.5 Å². The van der Waals surface area contributed by atoms with E-state index in [9.17, 15) is 4.79 Å². The molecule has 0 spiro atoms. The molecule has 2 N–H and O–H groups in total. The Balaban J connectivity index is 2.83. The van der Waals surface area contributed by atoms with Crippen molar-refractivity contribution in [2.24, 2.45) is 5.10 Å². The number of nitrogens with zero attached hydrogens (tertiary/aromatic N) is 1. The van der Waals surface area contributed by atoms with Crippen LogP contribution in [0.4, 0.5) is 0 Å². The molecular weight excluding hydrogens is 224 g/mol. The molecule has 0 atom stereocenters. The molecule has 0 heterocycles. The van der Waals surface area contributed by atoms with E-state index < -0.39 is 12.5 Å². The van der Waals surface area contributed by atoms with Gasteiger partial charge in [-0.1, -0.05) is 0 Å². The average molecular weight is 238 g/mol. The van der Waals surface area contributed by atoms with Gasteiger partial charge in [-0.2, -0.15) is 5.10 Å². The van der Waals surface area contributed by atoms with Crippen molar-refractivity contribution in [2.45, 2.75) is 0 Å². The van der Waals surface area contributed by atoms with E-state index in [1.165, 1.54) is 13.3 Å². The summed E-state index contributed by atoms with van der Waals surface area (Å²) in [5.74, 6) is 0.677. The summed E-state index contributed by atoms with van der Waals surface area (Å²) in [5, 5.41) is 12.2. The summed E-state index contributed by atoms with van der Waals surface area (Å²) in [6, 6.07) is 5.20. The molecule has 1 rings (SSSR count). The minimum Gasteiger partial charge on any atom is -0.497 e. The van der Waals surface area contributed by atoms with Crippen LogP contribution in [0.1, 0.15) is 5.56 Å². The summed E-state index contributed by atoms with van der Waals surface area (Å²) in [6.07, 6.45) is 1.41. The first-order valence-corrected chi connectivity index (χ1v) is 4.86. The summed E-state index contributed by atoms with van der Waals surface area (Å²) in [4.78, 5) is 10.7. The number of hydrazone groups is 1. The molecule has 0 aliphatic rings. The van der Waals surface area contributed by atoms with Gasteiger partial charge >= 0.3 is 0 Å². The molecule has 0 aliphatic heterocycles. The van der Waals surface area contributed by atoms with E-state index in [1.54, 1.807) is 25.3 Å². The van der Waals surface area contributed by atoms with E-state index in [4.69, 9.17) is 14.6 Å². The van der Waals surface area contributed by atoms with Crippen molar-refractivity contribution in [3.8, 4) is 11.5 Å². The number of rotatable bonds is 5. The molecule has 1 amide bonds. The minimum absolute atomic E-state index is 0.580. The first-order valence-electron chi connectivity index (χ1n) is 4.86. The van der Waals surface area contributed by atoms with Crippen LogP contribution in [0.15, 0.2) is 23.3 Å². The van der Waals surface area contributed by atoms with Crippen molar-refractivity contribution in [3.63, 3.8) is 0 Å². The van der Waals surface area contributed by atoms with Gasteiger partial charge in [-0.15, -0.1) is 0 Å². The first-order chi connectivity index (χ1) is 8.21. The second kappa shape index (κ2) is 6.49. The van der Waals surface area contributed by atoms with Crippen LogP contribution in [0.3, 0.4) is 0 Å². The third kappa shape index (κ3) is 3.76. The van der Waals surface area contributed by atoms with Crippen LogP contribution in [0.2, 0.25) is 0 Å². The summed E-state index contributed by atoms with van der Waals surface area (Å²) in [5.41, 5.74) is 2.81. The molecule has 0 aromatic heterocycles. The van der Waals surface area contributed by atoms with Crippen LogP contribution in [-0.2, 0) is 4.79 Å². The highest BCUT2D eigenvalue weighted by atomic mass is 16.5. The summed E-state index contributed by atoms with van der Waals surface area (Å²) in [7, 11) is 3.09. The topological polar surface area (TPSA) is 80.2 Å². The third-order valence-corrected chi connectivity index (χ3v) is 1.97. The number of benzene rings is 1. The Morgan fingerprint density at radius 1 is 1.47 bits per heavy atom. The molecule has 17 heavy (non-hydrogen) atoms. The van der Waals surface area contributed by atoms with Gasteiger partial charge in [-0.25, -0.2) is 5.43 Å². The first kappa shape index (κ1) is 13.0. The number of hydrogen-bond acceptors (Lipinski definition) is 5. The van der Waals surface area contributed by atoms with Gasteiger partial charge in [-0.05, 0) is 18.2 Å². The Bertz CT molecular complexity index is 418. The van der Waals surface area contributed by atoms with Gasteiger partial charge in [0.25, 0.3) is 5.91 Å². The smallest absolute Gasteiger partial charge is 0.265 e. The lowest BCUT2D eigenvalue weighted by atomic mass is 10.2. The van der Waals surface area contributed by atoms with Gasteiger partial charge in [0.1, 0.15) is 18.1 Å². The van der Waals surface area contributed by atoms with Crippen LogP contribution in [0.25, 0.3) is 0 Å². The molecule has 0 saturated carbocycles. The van der Waals surface area contributed by atoms with E-state index in [0.29, 0.717) is 17.1 Å². The predicted molar refractivity (Wildman–Crippen MR) is 62.4 cm³/mol. The molecular formula is C11H14N2O4. The Morgan fingerprint density at radius 2 is 2.24 bits per heavy atom. The lowest BCUT2D eigenvalue weighted by Crippen LogP contribution is -2.20. The fourth-order valence-corrected chi connectivity index (χ4v) is 1.15. The predicted octanol–water partition coefficient (Wildman–Crippen LogP) is 0.146. The third-order valence-electron chi connectivity index (χ3n) is 1.97. The van der Waals surface area contributed by atoms with Crippen LogP contribution in [0, 0.1) is 0 Å². The van der Waals surface area contributed by atoms with Crippen LogP contribution in [0.5, 0.6) is 11.5 Å². The maximum Gasteiger partial charge on any atom is 0.265 e. The Hall–Kier alpha value is -2.08. The molecule has 0 radical (unpaired) electrons. The van der Waals surface area contributed by atoms with Crippen LogP contribution >= 0.6 is 0 Å². The van der Waals surface area contributed by atoms with Crippen molar-refractivity contribution < 1.29 is 19.4 Å². The van der Waals surface area contributed by atoms with E-state index in [0.717, 1.165) is 0 Å². The number of hydrogen-bond donors (Lipinski definition) is 2. The molecule has 0 fully saturated rings. The van der Waals surface area contributed by atoms with Crippen LogP contribution < -0.4 is 14.9 Å². The largest absolute Gasteiger partial charge is 0.497 e. The van der Waals surface area contributed by atoms with Gasteiger partial charge < -0.3 is 14.6 Å². The minimum atomic E-state index is -0.605. The molecule has 0 bridgehead atoms. The fourth-order valence-electron chi connectivity index (χ4n) is 1.15. The Morgan fingerprint density at radius 3 is 2.82 bits per heavy atom. The molecule has 6 heteroatoms. The van der Waals surface area contributed by atoms with Crippen molar-refractivity contribution in [1.82, 2.24) is 5.43 Å². The summed E-state index contributed by atoms with van der Waals surface area (Å²) >= 11 is 0. The number of aliphatic hydroxyl groups excluding tert-OH is 1. The normalized spacial score (nSPS) is 10.3. The zero-order valence-corrected chi connectivity index (χ0v) is 9.64. The SMILES string of the molecule is COc1ccc(OC)c(/C=N\NC(=O)CO)c1. The average Bonchev–Trinajstić information content (AvgIpc) is 2.38. The standard InChI is InChI=1S/C11H14N2O4/c1-16-9-3-4-10(17-2)8(5-9)6-12-13-11(15)7-14/h3-6,14H,7H2,1-2H3,(H,13,15)/b12-6-. The zero-order valence-electron chi connectivity index (χ0n) is 9.64.